The summed E-state index contributed by atoms with van der Waals surface area (Å²) in [5.74, 6) is 0. The normalized spacial score (nSPS) is 25.2. The van der Waals surface area contributed by atoms with Gasteiger partial charge >= 0.3 is 0 Å². The van der Waals surface area contributed by atoms with Gasteiger partial charge in [-0.15, -0.1) is 0 Å². The summed E-state index contributed by atoms with van der Waals surface area (Å²) in [6.07, 6.45) is 21.0. The third kappa shape index (κ3) is 6.86. The summed E-state index contributed by atoms with van der Waals surface area (Å²) >= 11 is 0. The van der Waals surface area contributed by atoms with E-state index >= 15 is 0 Å². The minimum atomic E-state index is 1.31. The van der Waals surface area contributed by atoms with Gasteiger partial charge in [-0.1, -0.05) is 50.7 Å². The van der Waals surface area contributed by atoms with E-state index in [0.29, 0.717) is 0 Å². The molecule has 75 valence electrons. The Bertz CT molecular complexity index is 110. The Kier molecular flexibility index (Phi) is 6.94. The Morgan fingerprint density at radius 3 is 1.46 bits per heavy atom. The first-order valence-electron chi connectivity index (χ1n) is 5.97. The lowest BCUT2D eigenvalue weighted by atomic mass is 10.1. The van der Waals surface area contributed by atoms with Crippen LogP contribution < -0.4 is 0 Å². The fourth-order valence-corrected chi connectivity index (χ4v) is 1.84. The molecule has 0 saturated heterocycles. The Balaban J connectivity index is 2.09. The summed E-state index contributed by atoms with van der Waals surface area (Å²) in [4.78, 5) is 0. The highest BCUT2D eigenvalue weighted by Crippen LogP contribution is 2.12. The van der Waals surface area contributed by atoms with Crippen LogP contribution in [-0.2, 0) is 0 Å². The molecule has 0 aliphatic heterocycles. The summed E-state index contributed by atoms with van der Waals surface area (Å²) in [6, 6.07) is 0. The maximum absolute atomic E-state index is 2.49. The molecule has 0 heteroatoms. The number of rotatable bonds is 0. The van der Waals surface area contributed by atoms with Crippen molar-refractivity contribution in [3.05, 3.63) is 18.6 Å². The zero-order valence-corrected chi connectivity index (χ0v) is 8.80. The molecule has 0 amide bonds. The van der Waals surface area contributed by atoms with Gasteiger partial charge in [0.2, 0.25) is 0 Å². The van der Waals surface area contributed by atoms with E-state index < -0.39 is 0 Å². The van der Waals surface area contributed by atoms with Crippen molar-refractivity contribution in [2.75, 3.05) is 0 Å². The first-order chi connectivity index (χ1) is 6.50. The van der Waals surface area contributed by atoms with Crippen LogP contribution in [0.5, 0.6) is 0 Å². The van der Waals surface area contributed by atoms with Gasteiger partial charge in [0.25, 0.3) is 0 Å². The van der Waals surface area contributed by atoms with Crippen LogP contribution in [0.4, 0.5) is 0 Å². The van der Waals surface area contributed by atoms with E-state index in [1.54, 1.807) is 0 Å². The van der Waals surface area contributed by atoms with Crippen LogP contribution in [0.25, 0.3) is 0 Å². The van der Waals surface area contributed by atoms with Crippen LogP contribution >= 0.6 is 0 Å². The molecule has 1 rings (SSSR count). The molecule has 0 atom stereocenters. The zero-order valence-electron chi connectivity index (χ0n) is 8.80. The zero-order chi connectivity index (χ0) is 9.19. The van der Waals surface area contributed by atoms with Gasteiger partial charge < -0.3 is 0 Å². The fraction of sp³-hybridized carbons (Fsp3) is 0.769. The molecule has 1 aliphatic rings. The average molecular weight is 179 g/mol. The van der Waals surface area contributed by atoms with Gasteiger partial charge in [-0.05, 0) is 32.1 Å². The molecular formula is C13H23. The monoisotopic (exact) mass is 179 g/mol. The second-order valence-corrected chi connectivity index (χ2v) is 4.04. The van der Waals surface area contributed by atoms with Gasteiger partial charge in [0.15, 0.2) is 0 Å². The third-order valence-electron chi connectivity index (χ3n) is 2.72. The summed E-state index contributed by atoms with van der Waals surface area (Å²) in [5.41, 5.74) is 0. The maximum Gasteiger partial charge on any atom is -0.0351 e. The Labute approximate surface area is 83.4 Å². The van der Waals surface area contributed by atoms with Gasteiger partial charge in [0.1, 0.15) is 0 Å². The van der Waals surface area contributed by atoms with Crippen LogP contribution in [0, 0.1) is 6.42 Å². The molecule has 0 saturated carbocycles. The summed E-state index contributed by atoms with van der Waals surface area (Å²) in [5, 5.41) is 0. The highest BCUT2D eigenvalue weighted by atomic mass is 14.0. The molecule has 0 bridgehead atoms. The molecule has 0 aromatic rings. The van der Waals surface area contributed by atoms with Gasteiger partial charge in [-0.25, -0.2) is 0 Å². The highest BCUT2D eigenvalue weighted by molar-refractivity contribution is 4.81. The smallest absolute Gasteiger partial charge is 0.0351 e. The lowest BCUT2D eigenvalue weighted by Gasteiger charge is -1.99. The van der Waals surface area contributed by atoms with Crippen molar-refractivity contribution in [2.45, 2.75) is 64.2 Å². The lowest BCUT2D eigenvalue weighted by molar-refractivity contribution is 0.640. The van der Waals surface area contributed by atoms with Crippen LogP contribution in [-0.4, -0.2) is 0 Å². The van der Waals surface area contributed by atoms with E-state index in [9.17, 15) is 0 Å². The Morgan fingerprint density at radius 2 is 0.923 bits per heavy atom. The number of hydrogen-bond acceptors (Lipinski definition) is 0. The molecular weight excluding hydrogens is 156 g/mol. The van der Waals surface area contributed by atoms with Crippen molar-refractivity contribution in [2.24, 2.45) is 0 Å². The minimum absolute atomic E-state index is 1.31. The number of allylic oxidation sites excluding steroid dienone is 2. The molecule has 0 fully saturated rings. The van der Waals surface area contributed by atoms with Crippen molar-refractivity contribution in [1.82, 2.24) is 0 Å². The molecule has 1 radical (unpaired) electrons. The van der Waals surface area contributed by atoms with E-state index in [1.807, 2.05) is 0 Å². The van der Waals surface area contributed by atoms with Crippen molar-refractivity contribution in [3.63, 3.8) is 0 Å². The summed E-state index contributed by atoms with van der Waals surface area (Å²) in [6.45, 7) is 0. The van der Waals surface area contributed by atoms with Gasteiger partial charge in [0, 0.05) is 0 Å². The molecule has 0 aromatic heterocycles. The second kappa shape index (κ2) is 8.34. The lowest BCUT2D eigenvalue weighted by Crippen LogP contribution is -1.81. The quantitative estimate of drug-likeness (QED) is 0.474. The van der Waals surface area contributed by atoms with E-state index in [2.05, 4.69) is 18.6 Å². The predicted octanol–water partition coefficient (Wildman–Crippen LogP) is 4.66. The van der Waals surface area contributed by atoms with Crippen molar-refractivity contribution >= 4 is 0 Å². The Hall–Kier alpha value is -0.260. The van der Waals surface area contributed by atoms with E-state index in [0.717, 1.165) is 0 Å². The van der Waals surface area contributed by atoms with Crippen LogP contribution in [0.2, 0.25) is 0 Å². The summed E-state index contributed by atoms with van der Waals surface area (Å²) in [7, 11) is 0. The molecule has 0 nitrogen and oxygen atoms in total. The molecule has 0 N–H and O–H groups in total. The molecule has 0 spiro atoms. The molecule has 0 aromatic carbocycles. The summed E-state index contributed by atoms with van der Waals surface area (Å²) < 4.78 is 0. The minimum Gasteiger partial charge on any atom is -0.0885 e. The van der Waals surface area contributed by atoms with Gasteiger partial charge in [0.05, 0.1) is 0 Å². The Morgan fingerprint density at radius 1 is 0.462 bits per heavy atom. The number of hydrogen-bond donors (Lipinski definition) is 0. The molecule has 1 aliphatic carbocycles. The van der Waals surface area contributed by atoms with Crippen LogP contribution in [0.3, 0.4) is 0 Å². The van der Waals surface area contributed by atoms with Crippen molar-refractivity contribution in [3.8, 4) is 0 Å². The fourth-order valence-electron chi connectivity index (χ4n) is 1.84. The highest BCUT2D eigenvalue weighted by Gasteiger charge is 1.93. The van der Waals surface area contributed by atoms with Gasteiger partial charge in [-0.3, -0.25) is 0 Å². The second-order valence-electron chi connectivity index (χ2n) is 4.04. The molecule has 0 heterocycles. The van der Waals surface area contributed by atoms with Crippen molar-refractivity contribution < 1.29 is 0 Å². The first kappa shape index (κ1) is 10.8. The van der Waals surface area contributed by atoms with E-state index in [-0.39, 0.29) is 0 Å². The van der Waals surface area contributed by atoms with E-state index in [4.69, 9.17) is 0 Å². The van der Waals surface area contributed by atoms with Crippen LogP contribution in [0.15, 0.2) is 12.2 Å². The average Bonchev–Trinajstić information content (AvgIpc) is 2.18. The molecule has 13 heavy (non-hydrogen) atoms. The molecule has 0 unspecified atom stereocenters. The standard InChI is InChI=1S/C13H23/c1-2-4-6-8-10-12-13-11-9-7-5-3-1/h1-2,13H,3-12H2/b2-1-. The van der Waals surface area contributed by atoms with Gasteiger partial charge in [-0.2, -0.15) is 0 Å². The SMILES string of the molecule is [CH]1CCCCC/C=C\CCCCC1. The van der Waals surface area contributed by atoms with Crippen molar-refractivity contribution in [1.29, 1.82) is 0 Å². The van der Waals surface area contributed by atoms with Crippen LogP contribution in [0.1, 0.15) is 64.2 Å². The maximum atomic E-state index is 2.49. The third-order valence-corrected chi connectivity index (χ3v) is 2.72. The predicted molar refractivity (Wildman–Crippen MR) is 59.6 cm³/mol. The largest absolute Gasteiger partial charge is 0.0885 e. The first-order valence-corrected chi connectivity index (χ1v) is 5.97. The van der Waals surface area contributed by atoms with E-state index in [1.165, 1.54) is 64.2 Å². The topological polar surface area (TPSA) is 0 Å².